The number of nitrogens with zero attached hydrogens (tertiary/aromatic N) is 1. The van der Waals surface area contributed by atoms with Gasteiger partial charge in [0.05, 0.1) is 12.8 Å². The molecule has 4 nitrogen and oxygen atoms in total. The van der Waals surface area contributed by atoms with Gasteiger partial charge < -0.3 is 9.30 Å². The summed E-state index contributed by atoms with van der Waals surface area (Å²) >= 11 is 2.06. The maximum absolute atomic E-state index is 12.4. The summed E-state index contributed by atoms with van der Waals surface area (Å²) in [6.45, 7) is 0.601. The van der Waals surface area contributed by atoms with Crippen molar-refractivity contribution < 1.29 is 14.3 Å². The first kappa shape index (κ1) is 15.8. The average Bonchev–Trinajstić information content (AvgIpc) is 3.00. The van der Waals surface area contributed by atoms with Gasteiger partial charge in [-0.2, -0.15) is 0 Å². The van der Waals surface area contributed by atoms with E-state index in [1.165, 1.54) is 7.11 Å². The van der Waals surface area contributed by atoms with Gasteiger partial charge in [0.1, 0.15) is 3.92 Å². The number of rotatable bonds is 6. The van der Waals surface area contributed by atoms with E-state index in [0.717, 1.165) is 0 Å². The molecule has 1 heterocycles. The van der Waals surface area contributed by atoms with E-state index in [9.17, 15) is 9.59 Å². The van der Waals surface area contributed by atoms with Crippen molar-refractivity contribution in [2.45, 2.75) is 16.9 Å². The Bertz CT molecular complexity index is 621. The second kappa shape index (κ2) is 7.40. The highest BCUT2D eigenvalue weighted by molar-refractivity contribution is 14.1. The zero-order chi connectivity index (χ0) is 15.2. The Hall–Kier alpha value is -1.63. The molecule has 110 valence electrons. The van der Waals surface area contributed by atoms with Crippen molar-refractivity contribution in [3.8, 4) is 0 Å². The number of ketones is 1. The van der Waals surface area contributed by atoms with Gasteiger partial charge in [-0.15, -0.1) is 0 Å². The molecular weight excluding hydrogens is 381 g/mol. The molecule has 0 bridgehead atoms. The summed E-state index contributed by atoms with van der Waals surface area (Å²) in [5.41, 5.74) is 1.30. The van der Waals surface area contributed by atoms with E-state index < -0.39 is 0 Å². The summed E-state index contributed by atoms with van der Waals surface area (Å²) in [5, 5.41) is 0. The summed E-state index contributed by atoms with van der Waals surface area (Å²) in [5.74, 6) is -0.248. The molecule has 0 N–H and O–H groups in total. The quantitative estimate of drug-likeness (QED) is 0.326. The molecular formula is C16H16INO3. The first-order chi connectivity index (χ1) is 10.1. The fraction of sp³-hybridized carbons (Fsp3) is 0.250. The van der Waals surface area contributed by atoms with Gasteiger partial charge in [0.2, 0.25) is 5.78 Å². The van der Waals surface area contributed by atoms with Gasteiger partial charge in [-0.1, -0.05) is 52.9 Å². The van der Waals surface area contributed by atoms with Crippen LogP contribution in [0.3, 0.4) is 0 Å². The fourth-order valence-corrected chi connectivity index (χ4v) is 2.58. The van der Waals surface area contributed by atoms with Gasteiger partial charge in [-0.3, -0.25) is 9.59 Å². The maximum atomic E-state index is 12.4. The zero-order valence-electron chi connectivity index (χ0n) is 11.7. The summed E-state index contributed by atoms with van der Waals surface area (Å²) in [6.07, 6.45) is 2.48. The molecule has 5 heteroatoms. The molecule has 21 heavy (non-hydrogen) atoms. The second-order valence-electron chi connectivity index (χ2n) is 4.56. The largest absolute Gasteiger partial charge is 0.468 e. The summed E-state index contributed by atoms with van der Waals surface area (Å²) < 4.78 is 6.37. The average molecular weight is 397 g/mol. The van der Waals surface area contributed by atoms with Gasteiger partial charge in [0.15, 0.2) is 0 Å². The number of carbonyl (C=O) groups is 2. The van der Waals surface area contributed by atoms with Crippen LogP contribution in [-0.4, -0.2) is 27.4 Å². The highest BCUT2D eigenvalue weighted by Crippen LogP contribution is 2.14. The standard InChI is InChI=1S/C16H16INO3/c1-21-16(20)13(17)9-11-18-10-5-8-14(18)15(19)12-6-3-2-4-7-12/h2-8,10,13H,9,11H2,1H3. The maximum Gasteiger partial charge on any atom is 0.318 e. The van der Waals surface area contributed by atoms with Crippen LogP contribution in [0.25, 0.3) is 0 Å². The molecule has 1 aromatic heterocycles. The number of benzene rings is 1. The van der Waals surface area contributed by atoms with Crippen molar-refractivity contribution in [2.75, 3.05) is 7.11 Å². The van der Waals surface area contributed by atoms with E-state index >= 15 is 0 Å². The van der Waals surface area contributed by atoms with E-state index in [4.69, 9.17) is 4.74 Å². The number of halogens is 1. The Labute approximate surface area is 137 Å². The number of aromatic nitrogens is 1. The minimum Gasteiger partial charge on any atom is -0.468 e. The van der Waals surface area contributed by atoms with Gasteiger partial charge in [-0.05, 0) is 18.6 Å². The molecule has 0 radical (unpaired) electrons. The third-order valence-electron chi connectivity index (χ3n) is 3.18. The Balaban J connectivity index is 2.09. The third kappa shape index (κ3) is 3.93. The van der Waals surface area contributed by atoms with E-state index in [2.05, 4.69) is 22.6 Å². The van der Waals surface area contributed by atoms with Crippen molar-refractivity contribution >= 4 is 34.3 Å². The van der Waals surface area contributed by atoms with Crippen molar-refractivity contribution in [3.05, 3.63) is 59.9 Å². The predicted octanol–water partition coefficient (Wildman–Crippen LogP) is 3.09. The van der Waals surface area contributed by atoms with Gasteiger partial charge >= 0.3 is 5.97 Å². The van der Waals surface area contributed by atoms with Crippen LogP contribution in [-0.2, 0) is 16.1 Å². The van der Waals surface area contributed by atoms with Crippen LogP contribution < -0.4 is 0 Å². The number of aryl methyl sites for hydroxylation is 1. The molecule has 0 saturated heterocycles. The highest BCUT2D eigenvalue weighted by atomic mass is 127. The van der Waals surface area contributed by atoms with Crippen LogP contribution in [0.5, 0.6) is 0 Å². The fourth-order valence-electron chi connectivity index (χ4n) is 2.05. The van der Waals surface area contributed by atoms with E-state index in [1.54, 1.807) is 18.2 Å². The molecule has 2 aromatic rings. The molecule has 0 fully saturated rings. The second-order valence-corrected chi connectivity index (χ2v) is 6.06. The van der Waals surface area contributed by atoms with Gasteiger partial charge in [0, 0.05) is 18.3 Å². The Morgan fingerprint density at radius 3 is 2.57 bits per heavy atom. The predicted molar refractivity (Wildman–Crippen MR) is 88.7 cm³/mol. The van der Waals surface area contributed by atoms with Crippen LogP contribution in [0.2, 0.25) is 0 Å². The number of esters is 1. The lowest BCUT2D eigenvalue weighted by molar-refractivity contribution is -0.139. The SMILES string of the molecule is COC(=O)C(I)CCn1cccc1C(=O)c1ccccc1. The smallest absolute Gasteiger partial charge is 0.318 e. The van der Waals surface area contributed by atoms with Crippen molar-refractivity contribution in [3.63, 3.8) is 0 Å². The number of ether oxygens (including phenoxy) is 1. The van der Waals surface area contributed by atoms with Crippen molar-refractivity contribution in [2.24, 2.45) is 0 Å². The van der Waals surface area contributed by atoms with Crippen molar-refractivity contribution in [1.29, 1.82) is 0 Å². The molecule has 0 saturated carbocycles. The van der Waals surface area contributed by atoms with Crippen molar-refractivity contribution in [1.82, 2.24) is 4.57 Å². The number of hydrogen-bond donors (Lipinski definition) is 0. The van der Waals surface area contributed by atoms with E-state index in [1.807, 2.05) is 35.0 Å². The first-order valence-electron chi connectivity index (χ1n) is 6.60. The molecule has 1 aromatic carbocycles. The summed E-state index contributed by atoms with van der Waals surface area (Å²) in [7, 11) is 1.38. The lowest BCUT2D eigenvalue weighted by Crippen LogP contribution is -2.19. The van der Waals surface area contributed by atoms with Gasteiger partial charge in [-0.25, -0.2) is 0 Å². The van der Waals surface area contributed by atoms with Crippen LogP contribution >= 0.6 is 22.6 Å². The summed E-state index contributed by atoms with van der Waals surface area (Å²) in [4.78, 5) is 23.9. The molecule has 0 aliphatic rings. The Kier molecular flexibility index (Phi) is 5.55. The minimum absolute atomic E-state index is 0.0105. The normalized spacial score (nSPS) is 11.9. The van der Waals surface area contributed by atoms with Gasteiger partial charge in [0.25, 0.3) is 0 Å². The number of alkyl halides is 1. The zero-order valence-corrected chi connectivity index (χ0v) is 13.8. The Morgan fingerprint density at radius 1 is 1.19 bits per heavy atom. The Morgan fingerprint density at radius 2 is 1.90 bits per heavy atom. The molecule has 1 atom stereocenters. The highest BCUT2D eigenvalue weighted by Gasteiger charge is 2.17. The van der Waals surface area contributed by atoms with E-state index in [0.29, 0.717) is 24.2 Å². The molecule has 2 rings (SSSR count). The van der Waals surface area contributed by atoms with Crippen LogP contribution in [0, 0.1) is 0 Å². The monoisotopic (exact) mass is 397 g/mol. The first-order valence-corrected chi connectivity index (χ1v) is 7.85. The number of hydrogen-bond acceptors (Lipinski definition) is 3. The molecule has 0 aliphatic heterocycles. The topological polar surface area (TPSA) is 48.3 Å². The molecule has 0 aliphatic carbocycles. The third-order valence-corrected chi connectivity index (χ3v) is 4.31. The summed E-state index contributed by atoms with van der Waals surface area (Å²) in [6, 6.07) is 12.8. The number of methoxy groups -OCH3 is 1. The van der Waals surface area contributed by atoms with Crippen LogP contribution in [0.4, 0.5) is 0 Å². The molecule has 0 spiro atoms. The van der Waals surface area contributed by atoms with Crippen LogP contribution in [0.1, 0.15) is 22.5 Å². The van der Waals surface area contributed by atoms with Crippen LogP contribution in [0.15, 0.2) is 48.7 Å². The lowest BCUT2D eigenvalue weighted by Gasteiger charge is -2.11. The lowest BCUT2D eigenvalue weighted by atomic mass is 10.1. The molecule has 1 unspecified atom stereocenters. The van der Waals surface area contributed by atoms with E-state index in [-0.39, 0.29) is 15.7 Å². The number of carbonyl (C=O) groups excluding carboxylic acids is 2. The molecule has 0 amide bonds. The minimum atomic E-state index is -0.237.